The van der Waals surface area contributed by atoms with E-state index in [1.54, 1.807) is 60.5 Å². The maximum absolute atomic E-state index is 12.9. The molecule has 0 spiro atoms. The van der Waals surface area contributed by atoms with E-state index in [2.05, 4.69) is 10.6 Å². The second kappa shape index (κ2) is 9.91. The fourth-order valence-corrected chi connectivity index (χ4v) is 3.46. The highest BCUT2D eigenvalue weighted by Crippen LogP contribution is 2.21. The van der Waals surface area contributed by atoms with Gasteiger partial charge in [-0.3, -0.25) is 14.4 Å². The number of methoxy groups -OCH3 is 1. The first-order chi connectivity index (χ1) is 14.5. The number of hydrogen-bond acceptors (Lipinski definition) is 4. The lowest BCUT2D eigenvalue weighted by atomic mass is 10.1. The molecule has 1 aliphatic rings. The van der Waals surface area contributed by atoms with Gasteiger partial charge in [-0.25, -0.2) is 0 Å². The second-order valence-electron chi connectivity index (χ2n) is 7.21. The molecule has 2 aromatic carbocycles. The van der Waals surface area contributed by atoms with E-state index in [-0.39, 0.29) is 17.7 Å². The number of rotatable bonds is 7. The van der Waals surface area contributed by atoms with Crippen molar-refractivity contribution in [1.82, 2.24) is 10.2 Å². The Bertz CT molecular complexity index is 894. The zero-order valence-corrected chi connectivity index (χ0v) is 17.3. The van der Waals surface area contributed by atoms with E-state index >= 15 is 0 Å². The largest absolute Gasteiger partial charge is 0.497 e. The monoisotopic (exact) mass is 409 g/mol. The Morgan fingerprint density at radius 3 is 2.33 bits per heavy atom. The van der Waals surface area contributed by atoms with Crippen LogP contribution in [0.3, 0.4) is 0 Å². The van der Waals surface area contributed by atoms with Crippen molar-refractivity contribution >= 4 is 23.4 Å². The third-order valence-electron chi connectivity index (χ3n) is 5.11. The Morgan fingerprint density at radius 1 is 1.03 bits per heavy atom. The molecule has 7 nitrogen and oxygen atoms in total. The topological polar surface area (TPSA) is 87.7 Å². The summed E-state index contributed by atoms with van der Waals surface area (Å²) in [4.78, 5) is 39.2. The first-order valence-corrected chi connectivity index (χ1v) is 10.2. The molecule has 1 fully saturated rings. The minimum atomic E-state index is -0.418. The van der Waals surface area contributed by atoms with Gasteiger partial charge in [0.15, 0.2) is 0 Å². The Hall–Kier alpha value is -3.35. The van der Waals surface area contributed by atoms with Gasteiger partial charge in [-0.2, -0.15) is 0 Å². The number of nitrogens with one attached hydrogen (secondary N) is 2. The van der Waals surface area contributed by atoms with Crippen LogP contribution < -0.4 is 15.4 Å². The zero-order chi connectivity index (χ0) is 21.5. The van der Waals surface area contributed by atoms with E-state index in [1.165, 1.54) is 0 Å². The Balaban J connectivity index is 1.63. The molecule has 0 aromatic heterocycles. The van der Waals surface area contributed by atoms with Gasteiger partial charge in [0.1, 0.15) is 11.8 Å². The van der Waals surface area contributed by atoms with Crippen molar-refractivity contribution in [2.24, 2.45) is 0 Å². The molecular weight excluding hydrogens is 382 g/mol. The molecule has 3 amide bonds. The van der Waals surface area contributed by atoms with Gasteiger partial charge in [0.05, 0.1) is 7.11 Å². The number of benzene rings is 2. The number of amides is 3. The van der Waals surface area contributed by atoms with Gasteiger partial charge in [0.25, 0.3) is 11.8 Å². The predicted octanol–water partition coefficient (Wildman–Crippen LogP) is 3.08. The third kappa shape index (κ3) is 4.97. The maximum Gasteiger partial charge on any atom is 0.255 e. The zero-order valence-electron chi connectivity index (χ0n) is 17.3. The van der Waals surface area contributed by atoms with Crippen LogP contribution in [0.1, 0.15) is 46.9 Å². The molecule has 0 aliphatic carbocycles. The van der Waals surface area contributed by atoms with Crippen molar-refractivity contribution in [2.75, 3.05) is 25.5 Å². The normalized spacial score (nSPS) is 15.5. The highest BCUT2D eigenvalue weighted by Gasteiger charge is 2.34. The predicted molar refractivity (Wildman–Crippen MR) is 115 cm³/mol. The lowest BCUT2D eigenvalue weighted by Gasteiger charge is -2.24. The fraction of sp³-hybridized carbons (Fsp3) is 0.348. The van der Waals surface area contributed by atoms with Gasteiger partial charge in [-0.05, 0) is 67.8 Å². The summed E-state index contributed by atoms with van der Waals surface area (Å²) in [6.07, 6.45) is 2.35. The van der Waals surface area contributed by atoms with Crippen LogP contribution in [0.5, 0.6) is 5.75 Å². The minimum Gasteiger partial charge on any atom is -0.497 e. The van der Waals surface area contributed by atoms with Gasteiger partial charge in [0, 0.05) is 29.9 Å². The van der Waals surface area contributed by atoms with E-state index < -0.39 is 6.04 Å². The molecule has 30 heavy (non-hydrogen) atoms. The summed E-state index contributed by atoms with van der Waals surface area (Å²) in [6.45, 7) is 3.17. The molecule has 0 radical (unpaired) electrons. The molecular formula is C23H27N3O4. The quantitative estimate of drug-likeness (QED) is 0.736. The highest BCUT2D eigenvalue weighted by molar-refractivity contribution is 6.04. The molecule has 1 heterocycles. The van der Waals surface area contributed by atoms with Crippen molar-refractivity contribution < 1.29 is 19.1 Å². The Labute approximate surface area is 176 Å². The number of carbonyl (C=O) groups excluding carboxylic acids is 3. The summed E-state index contributed by atoms with van der Waals surface area (Å²) in [7, 11) is 1.57. The van der Waals surface area contributed by atoms with Crippen LogP contribution >= 0.6 is 0 Å². The maximum atomic E-state index is 12.9. The lowest BCUT2D eigenvalue weighted by molar-refractivity contribution is -0.124. The van der Waals surface area contributed by atoms with Crippen molar-refractivity contribution in [2.45, 2.75) is 32.2 Å². The van der Waals surface area contributed by atoms with Gasteiger partial charge in [-0.1, -0.05) is 6.92 Å². The SMILES string of the molecule is CCCNC(=O)C1CCCN1C(=O)c1ccc(NC(=O)c2ccc(OC)cc2)cc1. The summed E-state index contributed by atoms with van der Waals surface area (Å²) >= 11 is 0. The van der Waals surface area contributed by atoms with E-state index in [0.717, 1.165) is 12.8 Å². The molecule has 2 N–H and O–H groups in total. The fourth-order valence-electron chi connectivity index (χ4n) is 3.46. The number of anilines is 1. The van der Waals surface area contributed by atoms with Gasteiger partial charge in [0.2, 0.25) is 5.91 Å². The molecule has 0 bridgehead atoms. The van der Waals surface area contributed by atoms with Crippen LogP contribution in [0.4, 0.5) is 5.69 Å². The van der Waals surface area contributed by atoms with Crippen molar-refractivity contribution in [3.63, 3.8) is 0 Å². The first-order valence-electron chi connectivity index (χ1n) is 10.2. The molecule has 1 unspecified atom stereocenters. The number of ether oxygens (including phenoxy) is 1. The van der Waals surface area contributed by atoms with E-state index in [0.29, 0.717) is 42.1 Å². The average molecular weight is 409 g/mol. The molecule has 0 saturated carbocycles. The van der Waals surface area contributed by atoms with Crippen LogP contribution in [0, 0.1) is 0 Å². The number of likely N-dealkylation sites (tertiary alicyclic amines) is 1. The van der Waals surface area contributed by atoms with Gasteiger partial charge in [-0.15, -0.1) is 0 Å². The number of carbonyl (C=O) groups is 3. The Kier molecular flexibility index (Phi) is 7.06. The second-order valence-corrected chi connectivity index (χ2v) is 7.21. The summed E-state index contributed by atoms with van der Waals surface area (Å²) in [5, 5.41) is 5.69. The van der Waals surface area contributed by atoms with Crippen LogP contribution in [-0.2, 0) is 4.79 Å². The van der Waals surface area contributed by atoms with Crippen LogP contribution in [0.2, 0.25) is 0 Å². The van der Waals surface area contributed by atoms with Gasteiger partial charge >= 0.3 is 0 Å². The lowest BCUT2D eigenvalue weighted by Crippen LogP contribution is -2.46. The third-order valence-corrected chi connectivity index (χ3v) is 5.11. The average Bonchev–Trinajstić information content (AvgIpc) is 3.27. The van der Waals surface area contributed by atoms with E-state index in [9.17, 15) is 14.4 Å². The number of nitrogens with zero attached hydrogens (tertiary/aromatic N) is 1. The minimum absolute atomic E-state index is 0.0916. The summed E-state index contributed by atoms with van der Waals surface area (Å²) in [5.41, 5.74) is 1.59. The molecule has 3 rings (SSSR count). The molecule has 1 saturated heterocycles. The van der Waals surface area contributed by atoms with Crippen LogP contribution in [0.25, 0.3) is 0 Å². The van der Waals surface area contributed by atoms with Crippen LogP contribution in [0.15, 0.2) is 48.5 Å². The van der Waals surface area contributed by atoms with E-state index in [1.807, 2.05) is 6.92 Å². The molecule has 1 aliphatic heterocycles. The molecule has 7 heteroatoms. The summed E-state index contributed by atoms with van der Waals surface area (Å²) < 4.78 is 5.09. The molecule has 1 atom stereocenters. The molecule has 2 aromatic rings. The standard InChI is InChI=1S/C23H27N3O4/c1-3-14-24-22(28)20-5-4-15-26(20)23(29)17-6-10-18(11-7-17)25-21(27)16-8-12-19(30-2)13-9-16/h6-13,20H,3-5,14-15H2,1-2H3,(H,24,28)(H,25,27). The first kappa shape index (κ1) is 21.4. The van der Waals surface area contributed by atoms with E-state index in [4.69, 9.17) is 4.74 Å². The van der Waals surface area contributed by atoms with Gasteiger partial charge < -0.3 is 20.3 Å². The summed E-state index contributed by atoms with van der Waals surface area (Å²) in [5.74, 6) is 0.171. The Morgan fingerprint density at radius 2 is 1.70 bits per heavy atom. The number of hydrogen-bond donors (Lipinski definition) is 2. The van der Waals surface area contributed by atoms with Crippen molar-refractivity contribution in [3.8, 4) is 5.75 Å². The van der Waals surface area contributed by atoms with Crippen LogP contribution in [-0.4, -0.2) is 48.9 Å². The van der Waals surface area contributed by atoms with Crippen molar-refractivity contribution in [3.05, 3.63) is 59.7 Å². The smallest absolute Gasteiger partial charge is 0.255 e. The highest BCUT2D eigenvalue weighted by atomic mass is 16.5. The van der Waals surface area contributed by atoms with Crippen molar-refractivity contribution in [1.29, 1.82) is 0 Å². The summed E-state index contributed by atoms with van der Waals surface area (Å²) in [6, 6.07) is 13.1. The molecule has 158 valence electrons.